The first-order chi connectivity index (χ1) is 9.47. The van der Waals surface area contributed by atoms with Crippen LogP contribution in [-0.4, -0.2) is 23.3 Å². The average Bonchev–Trinajstić information content (AvgIpc) is 2.39. The van der Waals surface area contributed by atoms with Crippen LogP contribution in [0.2, 0.25) is 0 Å². The third kappa shape index (κ3) is 3.11. The van der Waals surface area contributed by atoms with E-state index >= 15 is 0 Å². The average molecular weight is 277 g/mol. The van der Waals surface area contributed by atoms with Crippen LogP contribution >= 0.6 is 0 Å². The smallest absolute Gasteiger partial charge is 0.292 e. The number of nitrogens with zero attached hydrogens (tertiary/aromatic N) is 1. The molecule has 1 aliphatic rings. The molecule has 1 aliphatic heterocycles. The summed E-state index contributed by atoms with van der Waals surface area (Å²) < 4.78 is 0. The lowest BCUT2D eigenvalue weighted by molar-refractivity contribution is -0.383. The molecular weight excluding hydrogens is 262 g/mol. The fourth-order valence-electron chi connectivity index (χ4n) is 2.10. The third-order valence-electron chi connectivity index (χ3n) is 3.24. The number of anilines is 1. The van der Waals surface area contributed by atoms with Crippen LogP contribution in [0.25, 0.3) is 0 Å². The Balaban J connectivity index is 2.13. The van der Waals surface area contributed by atoms with Crippen molar-refractivity contribution < 1.29 is 14.5 Å². The molecule has 1 aromatic rings. The van der Waals surface area contributed by atoms with Crippen molar-refractivity contribution in [2.75, 3.05) is 11.9 Å². The number of nitrogens with one attached hydrogen (secondary N) is 2. The van der Waals surface area contributed by atoms with Gasteiger partial charge in [0.25, 0.3) is 5.69 Å². The Morgan fingerprint density at radius 1 is 1.50 bits per heavy atom. The van der Waals surface area contributed by atoms with E-state index in [1.54, 1.807) is 19.1 Å². The minimum absolute atomic E-state index is 0.0735. The second-order valence-corrected chi connectivity index (χ2v) is 4.81. The number of carbonyl (C=O) groups is 2. The maximum absolute atomic E-state index is 12.1. The summed E-state index contributed by atoms with van der Waals surface area (Å²) in [7, 11) is 0. The molecule has 0 aromatic heterocycles. The Morgan fingerprint density at radius 2 is 2.25 bits per heavy atom. The predicted octanol–water partition coefficient (Wildman–Crippen LogP) is 1.37. The number of hydrogen-bond acceptors (Lipinski definition) is 4. The molecule has 7 heteroatoms. The lowest BCUT2D eigenvalue weighted by atomic mass is 9.98. The van der Waals surface area contributed by atoms with Gasteiger partial charge < -0.3 is 10.6 Å². The molecule has 1 saturated heterocycles. The Morgan fingerprint density at radius 3 is 2.85 bits per heavy atom. The van der Waals surface area contributed by atoms with Gasteiger partial charge in [-0.25, -0.2) is 0 Å². The van der Waals surface area contributed by atoms with Crippen LogP contribution in [0.5, 0.6) is 0 Å². The van der Waals surface area contributed by atoms with E-state index in [-0.39, 0.29) is 35.7 Å². The molecule has 2 rings (SSSR count). The van der Waals surface area contributed by atoms with Crippen LogP contribution in [0.1, 0.15) is 18.4 Å². The van der Waals surface area contributed by atoms with Gasteiger partial charge in [-0.05, 0) is 25.0 Å². The Bertz CT molecular complexity index is 561. The molecule has 20 heavy (non-hydrogen) atoms. The largest absolute Gasteiger partial charge is 0.355 e. The first-order valence-electron chi connectivity index (χ1n) is 6.30. The fourth-order valence-corrected chi connectivity index (χ4v) is 2.10. The van der Waals surface area contributed by atoms with Crippen molar-refractivity contribution in [3.63, 3.8) is 0 Å². The minimum Gasteiger partial charge on any atom is -0.355 e. The van der Waals surface area contributed by atoms with Gasteiger partial charge in [0.1, 0.15) is 5.69 Å². The highest BCUT2D eigenvalue weighted by Crippen LogP contribution is 2.26. The summed E-state index contributed by atoms with van der Waals surface area (Å²) in [4.78, 5) is 33.5. The van der Waals surface area contributed by atoms with Gasteiger partial charge in [-0.1, -0.05) is 6.07 Å². The van der Waals surface area contributed by atoms with Crippen molar-refractivity contribution in [2.45, 2.75) is 19.8 Å². The van der Waals surface area contributed by atoms with Gasteiger partial charge in [0, 0.05) is 19.0 Å². The summed E-state index contributed by atoms with van der Waals surface area (Å²) in [5.74, 6) is -0.734. The van der Waals surface area contributed by atoms with Gasteiger partial charge in [-0.2, -0.15) is 0 Å². The van der Waals surface area contributed by atoms with Crippen LogP contribution in [0, 0.1) is 23.0 Å². The SMILES string of the molecule is Cc1ccc([N+](=O)[O-])c(NC(=O)C2CCC(=O)NC2)c1. The Kier molecular flexibility index (Phi) is 3.97. The van der Waals surface area contributed by atoms with Gasteiger partial charge in [0.15, 0.2) is 0 Å². The van der Waals surface area contributed by atoms with Crippen LogP contribution in [-0.2, 0) is 9.59 Å². The van der Waals surface area contributed by atoms with E-state index < -0.39 is 4.92 Å². The molecule has 0 spiro atoms. The van der Waals surface area contributed by atoms with E-state index in [9.17, 15) is 19.7 Å². The highest BCUT2D eigenvalue weighted by molar-refractivity contribution is 5.96. The summed E-state index contributed by atoms with van der Waals surface area (Å²) in [6, 6.07) is 4.56. The lowest BCUT2D eigenvalue weighted by Crippen LogP contribution is -2.40. The van der Waals surface area contributed by atoms with Crippen molar-refractivity contribution in [3.05, 3.63) is 33.9 Å². The van der Waals surface area contributed by atoms with Crippen molar-refractivity contribution in [3.8, 4) is 0 Å². The van der Waals surface area contributed by atoms with Crippen molar-refractivity contribution in [2.24, 2.45) is 5.92 Å². The van der Waals surface area contributed by atoms with E-state index in [1.807, 2.05) is 0 Å². The number of piperidine rings is 1. The Labute approximate surface area is 115 Å². The molecule has 0 bridgehead atoms. The van der Waals surface area contributed by atoms with Crippen LogP contribution < -0.4 is 10.6 Å². The zero-order valence-electron chi connectivity index (χ0n) is 11.0. The molecule has 1 heterocycles. The molecule has 0 aliphatic carbocycles. The molecule has 1 aromatic carbocycles. The highest BCUT2D eigenvalue weighted by Gasteiger charge is 2.26. The number of benzene rings is 1. The van der Waals surface area contributed by atoms with E-state index in [4.69, 9.17) is 0 Å². The topological polar surface area (TPSA) is 101 Å². The summed E-state index contributed by atoms with van der Waals surface area (Å²) in [6.07, 6.45) is 0.755. The highest BCUT2D eigenvalue weighted by atomic mass is 16.6. The molecule has 1 fully saturated rings. The van der Waals surface area contributed by atoms with Gasteiger partial charge in [-0.3, -0.25) is 19.7 Å². The molecule has 0 saturated carbocycles. The van der Waals surface area contributed by atoms with Crippen LogP contribution in [0.3, 0.4) is 0 Å². The zero-order chi connectivity index (χ0) is 14.7. The molecule has 0 radical (unpaired) electrons. The maximum atomic E-state index is 12.1. The van der Waals surface area contributed by atoms with E-state index in [1.165, 1.54) is 6.07 Å². The molecule has 2 N–H and O–H groups in total. The number of hydrogen-bond donors (Lipinski definition) is 2. The standard InChI is InChI=1S/C13H15N3O4/c1-8-2-4-11(16(19)20)10(6-8)15-13(18)9-3-5-12(17)14-7-9/h2,4,6,9H,3,5,7H2,1H3,(H,14,17)(H,15,18). The summed E-state index contributed by atoms with van der Waals surface area (Å²) in [5.41, 5.74) is 0.878. The van der Waals surface area contributed by atoms with Gasteiger partial charge in [0.2, 0.25) is 11.8 Å². The monoisotopic (exact) mass is 277 g/mol. The second-order valence-electron chi connectivity index (χ2n) is 4.81. The predicted molar refractivity (Wildman–Crippen MR) is 72.2 cm³/mol. The molecule has 106 valence electrons. The second kappa shape index (κ2) is 5.68. The molecule has 1 atom stereocenters. The zero-order valence-corrected chi connectivity index (χ0v) is 11.0. The van der Waals surface area contributed by atoms with Gasteiger partial charge in [0.05, 0.1) is 10.8 Å². The number of nitro benzene ring substituents is 1. The molecule has 1 unspecified atom stereocenters. The van der Waals surface area contributed by atoms with E-state index in [2.05, 4.69) is 10.6 Å². The number of carbonyl (C=O) groups excluding carboxylic acids is 2. The summed E-state index contributed by atoms with van der Waals surface area (Å²) >= 11 is 0. The van der Waals surface area contributed by atoms with Crippen LogP contribution in [0.4, 0.5) is 11.4 Å². The van der Waals surface area contributed by atoms with E-state index in [0.717, 1.165) is 5.56 Å². The summed E-state index contributed by atoms with van der Waals surface area (Å²) in [6.45, 7) is 2.06. The number of nitro groups is 1. The number of rotatable bonds is 3. The molecule has 2 amide bonds. The third-order valence-corrected chi connectivity index (χ3v) is 3.24. The first kappa shape index (κ1) is 14.0. The first-order valence-corrected chi connectivity index (χ1v) is 6.30. The van der Waals surface area contributed by atoms with Crippen molar-refractivity contribution >= 4 is 23.2 Å². The van der Waals surface area contributed by atoms with Crippen molar-refractivity contribution in [1.29, 1.82) is 0 Å². The lowest BCUT2D eigenvalue weighted by Gasteiger charge is -2.21. The number of aryl methyl sites for hydroxylation is 1. The maximum Gasteiger partial charge on any atom is 0.292 e. The minimum atomic E-state index is -0.530. The fraction of sp³-hybridized carbons (Fsp3) is 0.385. The quantitative estimate of drug-likeness (QED) is 0.643. The normalized spacial score (nSPS) is 18.2. The van der Waals surface area contributed by atoms with Gasteiger partial charge >= 0.3 is 0 Å². The number of amides is 2. The van der Waals surface area contributed by atoms with Crippen LogP contribution in [0.15, 0.2) is 18.2 Å². The molecule has 7 nitrogen and oxygen atoms in total. The Hall–Kier alpha value is -2.44. The van der Waals surface area contributed by atoms with Crippen molar-refractivity contribution in [1.82, 2.24) is 5.32 Å². The van der Waals surface area contributed by atoms with E-state index in [0.29, 0.717) is 12.8 Å². The summed E-state index contributed by atoms with van der Waals surface area (Å²) in [5, 5.41) is 16.1. The van der Waals surface area contributed by atoms with Gasteiger partial charge in [-0.15, -0.1) is 0 Å². The molecular formula is C13H15N3O4.